The van der Waals surface area contributed by atoms with Crippen LogP contribution >= 0.6 is 0 Å². The van der Waals surface area contributed by atoms with Gasteiger partial charge in [-0.15, -0.1) is 0 Å². The van der Waals surface area contributed by atoms with Crippen molar-refractivity contribution in [2.45, 2.75) is 37.0 Å². The lowest BCUT2D eigenvalue weighted by atomic mass is 9.85. The zero-order chi connectivity index (χ0) is 14.8. The van der Waals surface area contributed by atoms with E-state index in [0.717, 1.165) is 12.8 Å². The van der Waals surface area contributed by atoms with Crippen LogP contribution in [0.1, 0.15) is 25.7 Å². The molecule has 2 heterocycles. The third-order valence-corrected chi connectivity index (χ3v) is 7.37. The van der Waals surface area contributed by atoms with E-state index in [0.29, 0.717) is 12.8 Å². The van der Waals surface area contributed by atoms with Gasteiger partial charge in [0.2, 0.25) is 21.8 Å². The number of hydrogen-bond donors (Lipinski definition) is 0. The maximum atomic E-state index is 12.4. The minimum Gasteiger partial charge on any atom is -0.276 e. The Balaban J connectivity index is 1.47. The second-order valence-corrected chi connectivity index (χ2v) is 8.63. The van der Waals surface area contributed by atoms with E-state index in [1.54, 1.807) is 0 Å². The number of nitrogens with zero attached hydrogens (tertiary/aromatic N) is 2. The van der Waals surface area contributed by atoms with Crippen molar-refractivity contribution in [2.24, 2.45) is 11.8 Å². The summed E-state index contributed by atoms with van der Waals surface area (Å²) in [5.74, 6) is -0.668. The van der Waals surface area contributed by atoms with Crippen molar-refractivity contribution in [2.75, 3.05) is 13.1 Å². The smallest absolute Gasteiger partial charge is 0.233 e. The van der Waals surface area contributed by atoms with Crippen LogP contribution in [0.4, 0.5) is 0 Å². The first-order valence-corrected chi connectivity index (χ1v) is 9.01. The van der Waals surface area contributed by atoms with E-state index in [-0.39, 0.29) is 48.0 Å². The molecule has 0 radical (unpaired) electrons. The molecule has 4 rings (SSSR count). The lowest BCUT2D eigenvalue weighted by molar-refractivity contribution is -0.145. The fourth-order valence-electron chi connectivity index (χ4n) is 3.55. The Morgan fingerprint density at radius 3 is 1.95 bits per heavy atom. The first kappa shape index (κ1) is 13.5. The van der Waals surface area contributed by atoms with Crippen LogP contribution in [0, 0.1) is 11.8 Å². The normalized spacial score (nSPS) is 34.2. The topological polar surface area (TPSA) is 74.8 Å². The van der Waals surface area contributed by atoms with E-state index in [4.69, 9.17) is 0 Å². The van der Waals surface area contributed by atoms with Gasteiger partial charge in [0.05, 0.1) is 23.1 Å². The number of sulfonamides is 1. The second-order valence-electron chi connectivity index (χ2n) is 6.42. The van der Waals surface area contributed by atoms with Crippen LogP contribution in [0.3, 0.4) is 0 Å². The molecule has 2 atom stereocenters. The van der Waals surface area contributed by atoms with Crippen LogP contribution < -0.4 is 0 Å². The van der Waals surface area contributed by atoms with Crippen molar-refractivity contribution in [3.8, 4) is 0 Å². The molecule has 2 aliphatic carbocycles. The minimum absolute atomic E-state index is 0.109. The molecule has 2 saturated heterocycles. The number of hydrogen-bond acceptors (Lipinski definition) is 4. The Morgan fingerprint density at radius 1 is 0.952 bits per heavy atom. The Bertz CT molecular complexity index is 605. The summed E-state index contributed by atoms with van der Waals surface area (Å²) in [7, 11) is -3.18. The van der Waals surface area contributed by atoms with Gasteiger partial charge in [-0.1, -0.05) is 12.2 Å². The lowest BCUT2D eigenvalue weighted by Gasteiger charge is -2.42. The van der Waals surface area contributed by atoms with Crippen molar-refractivity contribution in [3.63, 3.8) is 0 Å². The van der Waals surface area contributed by atoms with E-state index in [2.05, 4.69) is 0 Å². The Kier molecular flexibility index (Phi) is 2.81. The predicted octanol–water partition coefficient (Wildman–Crippen LogP) is 0.114. The quantitative estimate of drug-likeness (QED) is 0.548. The average molecular weight is 310 g/mol. The summed E-state index contributed by atoms with van der Waals surface area (Å²) in [6.45, 7) is 0.562. The summed E-state index contributed by atoms with van der Waals surface area (Å²) in [4.78, 5) is 26.1. The maximum absolute atomic E-state index is 12.4. The molecule has 0 aromatic carbocycles. The van der Waals surface area contributed by atoms with Crippen LogP contribution in [0.25, 0.3) is 0 Å². The fourth-order valence-corrected chi connectivity index (χ4v) is 5.46. The molecule has 0 spiro atoms. The highest BCUT2D eigenvalue weighted by atomic mass is 32.2. The molecular weight excluding hydrogens is 292 g/mol. The summed E-state index contributed by atoms with van der Waals surface area (Å²) < 4.78 is 25.6. The number of carbonyl (C=O) groups excluding carboxylic acids is 2. The zero-order valence-corrected chi connectivity index (χ0v) is 12.5. The van der Waals surface area contributed by atoms with Gasteiger partial charge in [0.1, 0.15) is 0 Å². The van der Waals surface area contributed by atoms with Crippen LogP contribution in [-0.2, 0) is 19.6 Å². The second kappa shape index (κ2) is 4.39. The molecule has 0 aromatic rings. The molecule has 4 aliphatic rings. The molecule has 1 saturated carbocycles. The van der Waals surface area contributed by atoms with E-state index < -0.39 is 10.0 Å². The van der Waals surface area contributed by atoms with Crippen molar-refractivity contribution in [1.29, 1.82) is 0 Å². The van der Waals surface area contributed by atoms with Gasteiger partial charge in [-0.05, 0) is 25.7 Å². The molecule has 3 fully saturated rings. The van der Waals surface area contributed by atoms with Gasteiger partial charge in [-0.3, -0.25) is 14.5 Å². The maximum Gasteiger partial charge on any atom is 0.233 e. The van der Waals surface area contributed by atoms with Gasteiger partial charge in [0.15, 0.2) is 0 Å². The summed E-state index contributed by atoms with van der Waals surface area (Å²) in [6.07, 6.45) is 6.65. The number of carbonyl (C=O) groups is 2. The highest BCUT2D eigenvalue weighted by Gasteiger charge is 2.54. The van der Waals surface area contributed by atoms with E-state index >= 15 is 0 Å². The zero-order valence-electron chi connectivity index (χ0n) is 11.6. The van der Waals surface area contributed by atoms with Crippen molar-refractivity contribution < 1.29 is 18.0 Å². The van der Waals surface area contributed by atoms with Crippen LogP contribution in [0.5, 0.6) is 0 Å². The largest absolute Gasteiger partial charge is 0.276 e. The first-order chi connectivity index (χ1) is 10.00. The molecule has 114 valence electrons. The van der Waals surface area contributed by atoms with Gasteiger partial charge in [-0.2, -0.15) is 4.31 Å². The van der Waals surface area contributed by atoms with E-state index in [9.17, 15) is 18.0 Å². The minimum atomic E-state index is -3.18. The molecule has 21 heavy (non-hydrogen) atoms. The molecule has 0 unspecified atom stereocenters. The van der Waals surface area contributed by atoms with E-state index in [1.807, 2.05) is 12.2 Å². The summed E-state index contributed by atoms with van der Waals surface area (Å²) in [5, 5.41) is -0.227. The lowest BCUT2D eigenvalue weighted by Crippen LogP contribution is -2.62. The molecule has 2 aliphatic heterocycles. The van der Waals surface area contributed by atoms with Crippen LogP contribution in [-0.4, -0.2) is 53.8 Å². The highest BCUT2D eigenvalue weighted by Crippen LogP contribution is 2.39. The van der Waals surface area contributed by atoms with Gasteiger partial charge in [0, 0.05) is 13.1 Å². The fraction of sp³-hybridized carbons (Fsp3) is 0.714. The number of amides is 2. The first-order valence-electron chi connectivity index (χ1n) is 7.51. The number of imide groups is 1. The Hall–Kier alpha value is -1.21. The van der Waals surface area contributed by atoms with Crippen LogP contribution in [0.15, 0.2) is 12.2 Å². The summed E-state index contributed by atoms with van der Waals surface area (Å²) in [5.41, 5.74) is 0. The molecular formula is C14H18N2O4S. The third kappa shape index (κ3) is 1.90. The van der Waals surface area contributed by atoms with Crippen molar-refractivity contribution >= 4 is 21.8 Å². The van der Waals surface area contributed by atoms with Crippen molar-refractivity contribution in [1.82, 2.24) is 9.21 Å². The Morgan fingerprint density at radius 2 is 1.48 bits per heavy atom. The highest BCUT2D eigenvalue weighted by molar-refractivity contribution is 7.90. The number of rotatable bonds is 3. The number of allylic oxidation sites excluding steroid dienone is 2. The predicted molar refractivity (Wildman–Crippen MR) is 74.5 cm³/mol. The average Bonchev–Trinajstić information content (AvgIpc) is 3.22. The van der Waals surface area contributed by atoms with E-state index in [1.165, 1.54) is 9.21 Å². The van der Waals surface area contributed by atoms with Crippen LogP contribution in [0.2, 0.25) is 0 Å². The van der Waals surface area contributed by atoms with Crippen molar-refractivity contribution in [3.05, 3.63) is 12.2 Å². The molecule has 7 heteroatoms. The SMILES string of the molecule is O=C1[C@H]2CC=CC[C@H]2C(=O)N1C1CN(S(=O)(=O)C2CC2)C1. The van der Waals surface area contributed by atoms with Gasteiger partial charge >= 0.3 is 0 Å². The molecule has 6 nitrogen and oxygen atoms in total. The van der Waals surface area contributed by atoms with Gasteiger partial charge in [-0.25, -0.2) is 8.42 Å². The number of likely N-dealkylation sites (tertiary alicyclic amines) is 1. The molecule has 0 bridgehead atoms. The molecule has 0 aromatic heterocycles. The summed E-state index contributed by atoms with van der Waals surface area (Å²) in [6, 6.07) is -0.260. The third-order valence-electron chi connectivity index (χ3n) is 5.04. The monoisotopic (exact) mass is 310 g/mol. The standard InChI is InChI=1S/C14H18N2O4S/c17-13-11-3-1-2-4-12(11)14(18)16(13)9-7-15(8-9)21(19,20)10-5-6-10/h1-2,9-12H,3-8H2/t11-,12+. The molecule has 2 amide bonds. The van der Waals surface area contributed by atoms with Gasteiger partial charge < -0.3 is 0 Å². The molecule has 0 N–H and O–H groups in total. The summed E-state index contributed by atoms with van der Waals surface area (Å²) >= 11 is 0. The Labute approximate surface area is 123 Å². The number of fused-ring (bicyclic) bond motifs is 1. The van der Waals surface area contributed by atoms with Gasteiger partial charge in [0.25, 0.3) is 0 Å².